The monoisotopic (exact) mass is 436 g/mol. The highest BCUT2D eigenvalue weighted by molar-refractivity contribution is 7.10. The van der Waals surface area contributed by atoms with E-state index in [0.717, 1.165) is 31.5 Å². The van der Waals surface area contributed by atoms with Crippen molar-refractivity contribution in [1.29, 1.82) is 0 Å². The maximum absolute atomic E-state index is 13.1. The van der Waals surface area contributed by atoms with E-state index >= 15 is 0 Å². The van der Waals surface area contributed by atoms with Gasteiger partial charge in [-0.2, -0.15) is 0 Å². The highest BCUT2D eigenvalue weighted by Crippen LogP contribution is 2.32. The van der Waals surface area contributed by atoms with Gasteiger partial charge < -0.3 is 19.7 Å². The Bertz CT molecular complexity index is 1090. The number of amides is 2. The van der Waals surface area contributed by atoms with Crippen LogP contribution in [0, 0.1) is 0 Å². The second-order valence-electron chi connectivity index (χ2n) is 7.24. The third kappa shape index (κ3) is 4.41. The summed E-state index contributed by atoms with van der Waals surface area (Å²) < 4.78 is 10.5. The molecule has 2 aromatic carbocycles. The number of aryl methyl sites for hydroxylation is 1. The summed E-state index contributed by atoms with van der Waals surface area (Å²) in [5.41, 5.74) is 2.63. The molecule has 0 fully saturated rings. The Labute approximate surface area is 185 Å². The van der Waals surface area contributed by atoms with Crippen LogP contribution < -0.4 is 19.7 Å². The Morgan fingerprint density at radius 1 is 1.00 bits per heavy atom. The zero-order valence-electron chi connectivity index (χ0n) is 17.5. The Hall–Kier alpha value is -3.32. The van der Waals surface area contributed by atoms with Crippen molar-refractivity contribution in [3.63, 3.8) is 0 Å². The van der Waals surface area contributed by atoms with Gasteiger partial charge in [0, 0.05) is 28.7 Å². The van der Waals surface area contributed by atoms with Crippen LogP contribution in [-0.2, 0) is 6.42 Å². The third-order valence-corrected chi connectivity index (χ3v) is 6.31. The number of hydrogen-bond donors (Lipinski definition) is 1. The van der Waals surface area contributed by atoms with E-state index in [4.69, 9.17) is 9.47 Å². The number of carbonyl (C=O) groups is 2. The van der Waals surface area contributed by atoms with Crippen LogP contribution in [-0.4, -0.2) is 32.6 Å². The van der Waals surface area contributed by atoms with Crippen LogP contribution in [0.15, 0.2) is 53.9 Å². The molecule has 0 spiro atoms. The third-order valence-electron chi connectivity index (χ3n) is 5.34. The quantitative estimate of drug-likeness (QED) is 0.611. The fraction of sp³-hybridized carbons (Fsp3) is 0.250. The van der Waals surface area contributed by atoms with Gasteiger partial charge in [0.05, 0.1) is 25.5 Å². The molecule has 2 amide bonds. The number of fused-ring (bicyclic) bond motifs is 1. The van der Waals surface area contributed by atoms with Crippen molar-refractivity contribution in [2.45, 2.75) is 19.3 Å². The van der Waals surface area contributed by atoms with Gasteiger partial charge in [-0.15, -0.1) is 11.3 Å². The molecular formula is C24H24N2O4S. The second-order valence-corrected chi connectivity index (χ2v) is 8.24. The fourth-order valence-corrected chi connectivity index (χ4v) is 4.61. The van der Waals surface area contributed by atoms with E-state index in [9.17, 15) is 9.59 Å². The number of carbonyl (C=O) groups excluding carboxylic acids is 2. The van der Waals surface area contributed by atoms with Crippen LogP contribution >= 0.6 is 11.3 Å². The van der Waals surface area contributed by atoms with Crippen LogP contribution in [0.5, 0.6) is 11.5 Å². The molecule has 3 aromatic rings. The largest absolute Gasteiger partial charge is 0.497 e. The average Bonchev–Trinajstić information content (AvgIpc) is 3.17. The Morgan fingerprint density at radius 2 is 1.81 bits per heavy atom. The summed E-state index contributed by atoms with van der Waals surface area (Å²) >= 11 is 1.71. The van der Waals surface area contributed by atoms with Crippen molar-refractivity contribution >= 4 is 34.5 Å². The lowest BCUT2D eigenvalue weighted by molar-refractivity contribution is 0.0985. The number of rotatable bonds is 5. The molecule has 0 atom stereocenters. The summed E-state index contributed by atoms with van der Waals surface area (Å²) in [5, 5.41) is 4.90. The standard InChI is InChI=1S/C24H24N2O4S/c1-29-18-10-11-19(21(15-18)30-2)23(27)25-17-8-6-16(7-9-17)24(28)26-13-4-3-5-22-20(26)12-14-31-22/h6-12,14-15H,3-5,13H2,1-2H3,(H,25,27). The number of thiophene rings is 1. The second kappa shape index (κ2) is 9.22. The van der Waals surface area contributed by atoms with Gasteiger partial charge in [0.2, 0.25) is 0 Å². The van der Waals surface area contributed by atoms with Crippen LogP contribution in [0.25, 0.3) is 0 Å². The molecule has 2 heterocycles. The van der Waals surface area contributed by atoms with E-state index in [2.05, 4.69) is 5.32 Å². The van der Waals surface area contributed by atoms with Crippen LogP contribution in [0.3, 0.4) is 0 Å². The smallest absolute Gasteiger partial charge is 0.259 e. The predicted octanol–water partition coefficient (Wildman–Crippen LogP) is 5.00. The van der Waals surface area contributed by atoms with Gasteiger partial charge in [0.25, 0.3) is 11.8 Å². The molecule has 0 aliphatic carbocycles. The van der Waals surface area contributed by atoms with Crippen molar-refractivity contribution < 1.29 is 19.1 Å². The van der Waals surface area contributed by atoms with E-state index in [1.807, 2.05) is 16.3 Å². The SMILES string of the molecule is COc1ccc(C(=O)Nc2ccc(C(=O)N3CCCCc4sccc43)cc2)c(OC)c1. The highest BCUT2D eigenvalue weighted by Gasteiger charge is 2.23. The minimum atomic E-state index is -0.297. The van der Waals surface area contributed by atoms with Crippen molar-refractivity contribution in [2.24, 2.45) is 0 Å². The summed E-state index contributed by atoms with van der Waals surface area (Å²) in [4.78, 5) is 29.0. The Kier molecular flexibility index (Phi) is 6.23. The molecule has 7 heteroatoms. The van der Waals surface area contributed by atoms with E-state index in [1.165, 1.54) is 12.0 Å². The van der Waals surface area contributed by atoms with Gasteiger partial charge in [-0.3, -0.25) is 9.59 Å². The average molecular weight is 437 g/mol. The first-order valence-corrected chi connectivity index (χ1v) is 11.0. The summed E-state index contributed by atoms with van der Waals surface area (Å²) in [5.74, 6) is 0.722. The number of anilines is 2. The van der Waals surface area contributed by atoms with Gasteiger partial charge in [-0.05, 0) is 67.1 Å². The molecule has 0 radical (unpaired) electrons. The van der Waals surface area contributed by atoms with Gasteiger partial charge in [0.1, 0.15) is 11.5 Å². The minimum absolute atomic E-state index is 0.0174. The minimum Gasteiger partial charge on any atom is -0.497 e. The summed E-state index contributed by atoms with van der Waals surface area (Å²) in [7, 11) is 3.07. The van der Waals surface area contributed by atoms with E-state index in [1.54, 1.807) is 60.9 Å². The lowest BCUT2D eigenvalue weighted by Gasteiger charge is -2.21. The van der Waals surface area contributed by atoms with E-state index < -0.39 is 0 Å². The normalized spacial score (nSPS) is 13.2. The van der Waals surface area contributed by atoms with Crippen LogP contribution in [0.4, 0.5) is 11.4 Å². The van der Waals surface area contributed by atoms with Gasteiger partial charge in [-0.25, -0.2) is 0 Å². The van der Waals surface area contributed by atoms with Gasteiger partial charge in [-0.1, -0.05) is 0 Å². The first-order valence-electron chi connectivity index (χ1n) is 10.1. The molecule has 1 aliphatic heterocycles. The lowest BCUT2D eigenvalue weighted by atomic mass is 10.1. The molecule has 6 nitrogen and oxygen atoms in total. The molecule has 1 aliphatic rings. The molecule has 0 unspecified atom stereocenters. The molecule has 0 saturated carbocycles. The number of nitrogens with zero attached hydrogens (tertiary/aromatic N) is 1. The van der Waals surface area contributed by atoms with Crippen molar-refractivity contribution in [3.05, 3.63) is 69.9 Å². The van der Waals surface area contributed by atoms with Crippen molar-refractivity contribution in [1.82, 2.24) is 0 Å². The maximum atomic E-state index is 13.1. The molecule has 160 valence electrons. The molecule has 31 heavy (non-hydrogen) atoms. The number of benzene rings is 2. The summed E-state index contributed by atoms with van der Waals surface area (Å²) in [6, 6.07) is 14.0. The zero-order valence-corrected chi connectivity index (χ0v) is 18.3. The Balaban J connectivity index is 1.49. The number of nitrogens with one attached hydrogen (secondary N) is 1. The first-order chi connectivity index (χ1) is 15.1. The molecule has 0 saturated heterocycles. The number of hydrogen-bond acceptors (Lipinski definition) is 5. The number of ether oxygens (including phenoxy) is 2. The predicted molar refractivity (Wildman–Crippen MR) is 123 cm³/mol. The maximum Gasteiger partial charge on any atom is 0.259 e. The molecular weight excluding hydrogens is 412 g/mol. The van der Waals surface area contributed by atoms with Crippen molar-refractivity contribution in [2.75, 3.05) is 31.0 Å². The molecule has 4 rings (SSSR count). The highest BCUT2D eigenvalue weighted by atomic mass is 32.1. The van der Waals surface area contributed by atoms with Gasteiger partial charge >= 0.3 is 0 Å². The first kappa shape index (κ1) is 20.9. The van der Waals surface area contributed by atoms with Crippen LogP contribution in [0.2, 0.25) is 0 Å². The molecule has 1 aromatic heterocycles. The molecule has 1 N–H and O–H groups in total. The number of methoxy groups -OCH3 is 2. The molecule has 0 bridgehead atoms. The Morgan fingerprint density at radius 3 is 2.55 bits per heavy atom. The van der Waals surface area contributed by atoms with Crippen LogP contribution in [0.1, 0.15) is 38.4 Å². The summed E-state index contributed by atoms with van der Waals surface area (Å²) in [6.07, 6.45) is 3.11. The topological polar surface area (TPSA) is 67.9 Å². The van der Waals surface area contributed by atoms with Gasteiger partial charge in [0.15, 0.2) is 0 Å². The van der Waals surface area contributed by atoms with Crippen molar-refractivity contribution in [3.8, 4) is 11.5 Å². The zero-order chi connectivity index (χ0) is 21.8. The van der Waals surface area contributed by atoms with E-state index in [-0.39, 0.29) is 11.8 Å². The fourth-order valence-electron chi connectivity index (χ4n) is 3.68. The van der Waals surface area contributed by atoms with E-state index in [0.29, 0.717) is 28.3 Å². The summed E-state index contributed by atoms with van der Waals surface area (Å²) in [6.45, 7) is 0.721. The lowest BCUT2D eigenvalue weighted by Crippen LogP contribution is -2.31.